The molecule has 1 amide bonds. The van der Waals surface area contributed by atoms with Crippen molar-refractivity contribution in [1.29, 1.82) is 0 Å². The number of likely N-dealkylation sites (tertiary alicyclic amines) is 1. The fourth-order valence-corrected chi connectivity index (χ4v) is 4.43. The summed E-state index contributed by atoms with van der Waals surface area (Å²) >= 11 is 6.09. The van der Waals surface area contributed by atoms with Crippen LogP contribution in [-0.2, 0) is 4.79 Å². The van der Waals surface area contributed by atoms with Gasteiger partial charge in [0.2, 0.25) is 0 Å². The number of rotatable bonds is 3. The lowest BCUT2D eigenvalue weighted by molar-refractivity contribution is -0.938. The fraction of sp³-hybridized carbons (Fsp3) is 0.650. The number of amides is 1. The minimum Gasteiger partial charge on any atom is -0.320 e. The van der Waals surface area contributed by atoms with E-state index in [9.17, 15) is 4.79 Å². The van der Waals surface area contributed by atoms with Crippen LogP contribution in [0.3, 0.4) is 0 Å². The molecule has 1 aromatic rings. The summed E-state index contributed by atoms with van der Waals surface area (Å²) in [6, 6.07) is 3.84. The maximum Gasteiger partial charge on any atom is 0.285 e. The summed E-state index contributed by atoms with van der Waals surface area (Å²) in [5.74, 6) is 0.199. The third-order valence-electron chi connectivity index (χ3n) is 5.72. The van der Waals surface area contributed by atoms with Crippen molar-refractivity contribution in [3.05, 3.63) is 28.3 Å². The van der Waals surface area contributed by atoms with Gasteiger partial charge in [0.05, 0.1) is 20.1 Å². The Morgan fingerprint density at radius 3 is 2.04 bits per heavy atom. The van der Waals surface area contributed by atoms with Gasteiger partial charge in [0.1, 0.15) is 0 Å². The van der Waals surface area contributed by atoms with E-state index in [-0.39, 0.29) is 11.4 Å². The van der Waals surface area contributed by atoms with E-state index in [2.05, 4.69) is 12.4 Å². The number of carbonyl (C=O) groups excluding carboxylic acids is 1. The lowest BCUT2D eigenvalue weighted by atomic mass is 10.0. The molecule has 1 N–H and O–H groups in total. The smallest absolute Gasteiger partial charge is 0.285 e. The minimum absolute atomic E-state index is 0.195. The Bertz CT molecular complexity index is 579. The molecule has 0 atom stereocenters. The Balaban J connectivity index is 0.00000100. The van der Waals surface area contributed by atoms with Crippen molar-refractivity contribution < 1.29 is 9.28 Å². The second kappa shape index (κ2) is 7.45. The number of benzene rings is 1. The predicted molar refractivity (Wildman–Crippen MR) is 103 cm³/mol. The molecule has 4 heteroatoms. The number of halogens is 1. The van der Waals surface area contributed by atoms with Gasteiger partial charge in [-0.2, -0.15) is 0 Å². The first-order valence-electron chi connectivity index (χ1n) is 9.31. The highest BCUT2D eigenvalue weighted by Gasteiger charge is 2.64. The zero-order valence-corrected chi connectivity index (χ0v) is 16.6. The molecule has 0 unspecified atom stereocenters. The van der Waals surface area contributed by atoms with Crippen LogP contribution >= 0.6 is 11.6 Å². The zero-order valence-electron chi connectivity index (χ0n) is 15.8. The molecule has 3 nitrogen and oxygen atoms in total. The molecule has 1 saturated heterocycles. The second-order valence-electron chi connectivity index (χ2n) is 7.30. The van der Waals surface area contributed by atoms with Crippen LogP contribution in [0.1, 0.15) is 57.1 Å². The molecule has 3 rings (SSSR count). The average molecular weight is 352 g/mol. The Hall–Kier alpha value is -1.06. The molecule has 134 valence electrons. The van der Waals surface area contributed by atoms with Crippen molar-refractivity contribution in [2.24, 2.45) is 0 Å². The quantitative estimate of drug-likeness (QED) is 0.755. The Labute approximate surface area is 152 Å². The molecule has 24 heavy (non-hydrogen) atoms. The number of likely N-dealkylation sites (N-methyl/N-ethyl adjacent to an activating group) is 1. The highest BCUT2D eigenvalue weighted by Crippen LogP contribution is 2.48. The molecule has 1 heterocycles. The van der Waals surface area contributed by atoms with Gasteiger partial charge in [-0.1, -0.05) is 25.4 Å². The van der Waals surface area contributed by atoms with Crippen molar-refractivity contribution in [2.75, 3.05) is 25.5 Å². The van der Waals surface area contributed by atoms with Crippen LogP contribution in [0.4, 0.5) is 5.69 Å². The Kier molecular flexibility index (Phi) is 5.98. The number of anilines is 1. The summed E-state index contributed by atoms with van der Waals surface area (Å²) in [4.78, 5) is 13.0. The summed E-state index contributed by atoms with van der Waals surface area (Å²) in [7, 11) is 2.27. The first-order valence-corrected chi connectivity index (χ1v) is 9.69. The molecule has 0 spiro atoms. The van der Waals surface area contributed by atoms with Gasteiger partial charge in [0, 0.05) is 23.6 Å². The van der Waals surface area contributed by atoms with E-state index in [1.165, 1.54) is 19.3 Å². The van der Waals surface area contributed by atoms with Gasteiger partial charge in [0.15, 0.2) is 5.54 Å². The first kappa shape index (κ1) is 19.3. The summed E-state index contributed by atoms with van der Waals surface area (Å²) in [6.45, 7) is 10.3. The van der Waals surface area contributed by atoms with E-state index < -0.39 is 0 Å². The number of nitrogens with zero attached hydrogens (tertiary/aromatic N) is 1. The van der Waals surface area contributed by atoms with E-state index in [1.54, 1.807) is 0 Å². The molecule has 1 aliphatic carbocycles. The summed E-state index contributed by atoms with van der Waals surface area (Å²) in [6.07, 6.45) is 5.82. The summed E-state index contributed by atoms with van der Waals surface area (Å²) in [5, 5.41) is 3.94. The van der Waals surface area contributed by atoms with Gasteiger partial charge in [-0.05, 0) is 56.4 Å². The number of piperidine rings is 1. The topological polar surface area (TPSA) is 29.1 Å². The van der Waals surface area contributed by atoms with Crippen LogP contribution in [0.25, 0.3) is 0 Å². The number of hydrogen-bond donors (Lipinski definition) is 1. The molecule has 0 radical (unpaired) electrons. The zero-order chi connectivity index (χ0) is 18.0. The van der Waals surface area contributed by atoms with Crippen molar-refractivity contribution in [1.82, 2.24) is 0 Å². The van der Waals surface area contributed by atoms with Crippen LogP contribution < -0.4 is 5.32 Å². The molecular weight excluding hydrogens is 320 g/mol. The van der Waals surface area contributed by atoms with Crippen LogP contribution in [0.2, 0.25) is 5.02 Å². The maximum absolute atomic E-state index is 13.0. The number of nitrogens with one attached hydrogen (secondary N) is 1. The van der Waals surface area contributed by atoms with Gasteiger partial charge in [-0.15, -0.1) is 0 Å². The first-order chi connectivity index (χ1) is 11.4. The molecule has 0 bridgehead atoms. The van der Waals surface area contributed by atoms with Crippen molar-refractivity contribution in [2.45, 2.75) is 65.3 Å². The van der Waals surface area contributed by atoms with Gasteiger partial charge >= 0.3 is 0 Å². The van der Waals surface area contributed by atoms with Gasteiger partial charge < -0.3 is 9.80 Å². The maximum atomic E-state index is 13.0. The van der Waals surface area contributed by atoms with E-state index in [4.69, 9.17) is 11.6 Å². The SMILES string of the molecule is CC.Cc1cc(Cl)cc(C)c1NC(=O)C1([N+]2(C)CCCCC2)CC1. The second-order valence-corrected chi connectivity index (χ2v) is 7.74. The standard InChI is InChI=1S/C18H25ClN2O.C2H6/c1-13-11-15(19)12-14(2)16(13)20-17(22)18(7-8-18)21(3)9-5-4-6-10-21;1-2/h11-12H,4-10H2,1-3H3;1-2H3/p+1. The molecule has 0 aromatic heterocycles. The highest BCUT2D eigenvalue weighted by atomic mass is 35.5. The van der Waals surface area contributed by atoms with Crippen molar-refractivity contribution in [3.8, 4) is 0 Å². The molecular formula is C20H32ClN2O+. The number of carbonyl (C=O) groups is 1. The lowest BCUT2D eigenvalue weighted by Crippen LogP contribution is -2.61. The third kappa shape index (κ3) is 3.48. The van der Waals surface area contributed by atoms with E-state index in [1.807, 2.05) is 39.8 Å². The number of aryl methyl sites for hydroxylation is 2. The monoisotopic (exact) mass is 351 g/mol. The van der Waals surface area contributed by atoms with Crippen LogP contribution in [0.15, 0.2) is 12.1 Å². The molecule has 2 aliphatic rings. The predicted octanol–water partition coefficient (Wildman–Crippen LogP) is 5.08. The summed E-state index contributed by atoms with van der Waals surface area (Å²) in [5.41, 5.74) is 2.81. The van der Waals surface area contributed by atoms with Crippen LogP contribution in [0, 0.1) is 13.8 Å². The highest BCUT2D eigenvalue weighted by molar-refractivity contribution is 6.30. The van der Waals surface area contributed by atoms with Gasteiger partial charge in [-0.3, -0.25) is 4.79 Å². The number of quaternary nitrogens is 1. The lowest BCUT2D eigenvalue weighted by Gasteiger charge is -2.44. The van der Waals surface area contributed by atoms with E-state index in [0.717, 1.165) is 52.3 Å². The number of hydrogen-bond acceptors (Lipinski definition) is 1. The average Bonchev–Trinajstić information content (AvgIpc) is 3.36. The van der Waals surface area contributed by atoms with Crippen LogP contribution in [-0.4, -0.2) is 36.1 Å². The fourth-order valence-electron chi connectivity index (χ4n) is 4.11. The molecule has 1 aromatic carbocycles. The Morgan fingerprint density at radius 2 is 1.58 bits per heavy atom. The molecule has 1 aliphatic heterocycles. The third-order valence-corrected chi connectivity index (χ3v) is 5.94. The van der Waals surface area contributed by atoms with Gasteiger partial charge in [0.25, 0.3) is 5.91 Å². The van der Waals surface area contributed by atoms with E-state index in [0.29, 0.717) is 0 Å². The van der Waals surface area contributed by atoms with Crippen molar-refractivity contribution in [3.63, 3.8) is 0 Å². The summed E-state index contributed by atoms with van der Waals surface area (Å²) < 4.78 is 0.921. The minimum atomic E-state index is -0.195. The van der Waals surface area contributed by atoms with Crippen molar-refractivity contribution >= 4 is 23.2 Å². The van der Waals surface area contributed by atoms with Gasteiger partial charge in [-0.25, -0.2) is 0 Å². The van der Waals surface area contributed by atoms with E-state index >= 15 is 0 Å². The Morgan fingerprint density at radius 1 is 1.08 bits per heavy atom. The normalized spacial score (nSPS) is 20.6. The van der Waals surface area contributed by atoms with Crippen LogP contribution in [0.5, 0.6) is 0 Å². The molecule has 2 fully saturated rings. The largest absolute Gasteiger partial charge is 0.320 e. The molecule has 1 saturated carbocycles.